The number of aromatic nitrogens is 2. The number of alkyl halides is 3. The van der Waals surface area contributed by atoms with Gasteiger partial charge in [-0.15, -0.1) is 0 Å². The number of hydrogen-bond acceptors (Lipinski definition) is 2. The van der Waals surface area contributed by atoms with Gasteiger partial charge in [0.05, 0.1) is 56.2 Å². The molecule has 0 spiro atoms. The van der Waals surface area contributed by atoms with E-state index < -0.39 is 11.7 Å². The Morgan fingerprint density at radius 3 is 1.32 bits per heavy atom. The molecule has 1 atom stereocenters. The first-order valence-corrected chi connectivity index (χ1v) is 26.4. The van der Waals surface area contributed by atoms with Gasteiger partial charge in [-0.2, -0.15) is 23.7 Å². The summed E-state index contributed by atoms with van der Waals surface area (Å²) in [5, 5.41) is 26.0. The van der Waals surface area contributed by atoms with E-state index in [1.807, 2.05) is 18.2 Å². The highest BCUT2D eigenvalue weighted by Crippen LogP contribution is 2.45. The van der Waals surface area contributed by atoms with Gasteiger partial charge in [-0.05, 0) is 161 Å². The highest BCUT2D eigenvalue weighted by atomic mass is 19.4. The number of rotatable bonds is 7. The SMILES string of the molecule is CC1=CC(c2ccc3c4ccc(-c5cc(C)cc(C)c5)cc4n(-c4cc(C#N)c(-n5c6cc(-c7cc(C)cc(C)c7)ccc6c6ccc(-c7cc(C)cc(C)c7)cc65)cc4-c4cc(C#N)cc(C(F)(F)F)c4)c3c2)CC(C)=C1. The molecule has 12 rings (SSSR count). The lowest BCUT2D eigenvalue weighted by molar-refractivity contribution is -0.137. The average Bonchev–Trinajstić information content (AvgIpc) is 4.14. The Hall–Kier alpha value is -9.17. The van der Waals surface area contributed by atoms with Crippen LogP contribution in [0, 0.1) is 64.2 Å². The number of nitrogens with zero attached hydrogens (tertiary/aromatic N) is 4. The molecule has 0 radical (unpaired) electrons. The van der Waals surface area contributed by atoms with Gasteiger partial charge in [-0.1, -0.05) is 160 Å². The lowest BCUT2D eigenvalue weighted by atomic mass is 9.86. The van der Waals surface area contributed by atoms with Gasteiger partial charge < -0.3 is 9.13 Å². The van der Waals surface area contributed by atoms with E-state index in [2.05, 4.69) is 210 Å². The molecule has 1 aliphatic carbocycles. The summed E-state index contributed by atoms with van der Waals surface area (Å²) in [5.41, 5.74) is 20.6. The van der Waals surface area contributed by atoms with Gasteiger partial charge in [0.25, 0.3) is 0 Å². The van der Waals surface area contributed by atoms with Crippen LogP contribution in [0.5, 0.6) is 0 Å². The number of aryl methyl sites for hydroxylation is 6. The minimum absolute atomic E-state index is 0.0902. The third-order valence-corrected chi connectivity index (χ3v) is 15.5. The first-order chi connectivity index (χ1) is 37.4. The van der Waals surface area contributed by atoms with Crippen molar-refractivity contribution in [3.63, 3.8) is 0 Å². The van der Waals surface area contributed by atoms with Crippen LogP contribution in [0.25, 0.3) is 99.5 Å². The third kappa shape index (κ3) is 8.86. The van der Waals surface area contributed by atoms with Gasteiger partial charge in [0.2, 0.25) is 0 Å². The molecule has 0 fully saturated rings. The van der Waals surface area contributed by atoms with E-state index in [9.17, 15) is 10.5 Å². The lowest BCUT2D eigenvalue weighted by Gasteiger charge is -2.21. The van der Waals surface area contributed by atoms with Gasteiger partial charge in [0.1, 0.15) is 6.07 Å². The molecule has 0 aliphatic heterocycles. The summed E-state index contributed by atoms with van der Waals surface area (Å²) < 4.78 is 49.8. The van der Waals surface area contributed by atoms with E-state index in [1.54, 1.807) is 0 Å². The van der Waals surface area contributed by atoms with Crippen LogP contribution in [0.3, 0.4) is 0 Å². The molecule has 1 unspecified atom stereocenters. The maximum Gasteiger partial charge on any atom is 0.416 e. The van der Waals surface area contributed by atoms with Crippen LogP contribution in [0.2, 0.25) is 0 Å². The van der Waals surface area contributed by atoms with Gasteiger partial charge >= 0.3 is 6.18 Å². The third-order valence-electron chi connectivity index (χ3n) is 15.5. The highest BCUT2D eigenvalue weighted by Gasteiger charge is 2.32. The van der Waals surface area contributed by atoms with Gasteiger partial charge in [-0.25, -0.2) is 0 Å². The van der Waals surface area contributed by atoms with Crippen LogP contribution in [-0.4, -0.2) is 9.13 Å². The van der Waals surface area contributed by atoms with Crippen molar-refractivity contribution in [3.8, 4) is 68.0 Å². The standard InChI is InChI=1S/C71H55F3N4/c1-40-17-41(2)22-53(21-40)49-9-13-60-61-14-10-50(54-23-42(3)18-43(4)24-54)33-67(61)77(66(60)32-49)65-37-64(57-29-48(38-75)30-59(31-57)71(72,73)74)70(36-58(65)39-76)78-68-34-51(55-25-44(5)19-45(6)26-55)11-15-62(68)63-16-12-52(35-69(63)78)56-27-46(7)20-47(8)28-56/h9-27,29-37,56H,28H2,1-8H3. The Labute approximate surface area is 452 Å². The van der Waals surface area contributed by atoms with Crippen molar-refractivity contribution in [2.75, 3.05) is 0 Å². The molecule has 7 heteroatoms. The van der Waals surface area contributed by atoms with E-state index in [0.717, 1.165) is 134 Å². The van der Waals surface area contributed by atoms with Crippen molar-refractivity contribution in [2.45, 2.75) is 73.9 Å². The topological polar surface area (TPSA) is 57.4 Å². The van der Waals surface area contributed by atoms with Gasteiger partial charge in [0.15, 0.2) is 0 Å². The molecule has 2 heterocycles. The van der Waals surface area contributed by atoms with E-state index in [0.29, 0.717) is 22.5 Å². The largest absolute Gasteiger partial charge is 0.416 e. The van der Waals surface area contributed by atoms with E-state index >= 15 is 13.2 Å². The molecule has 380 valence electrons. The minimum Gasteiger partial charge on any atom is -0.309 e. The normalized spacial score (nSPS) is 13.8. The fourth-order valence-electron chi connectivity index (χ4n) is 12.5. The summed E-state index contributed by atoms with van der Waals surface area (Å²) in [6.45, 7) is 16.8. The maximum absolute atomic E-state index is 15.2. The zero-order valence-corrected chi connectivity index (χ0v) is 44.9. The zero-order valence-electron chi connectivity index (χ0n) is 44.9. The van der Waals surface area contributed by atoms with Crippen LogP contribution in [0.15, 0.2) is 181 Å². The molecule has 0 saturated carbocycles. The van der Waals surface area contributed by atoms with E-state index in [1.165, 1.54) is 17.2 Å². The second-order valence-electron chi connectivity index (χ2n) is 21.9. The van der Waals surface area contributed by atoms with E-state index in [-0.39, 0.29) is 17.0 Å². The van der Waals surface area contributed by atoms with Crippen molar-refractivity contribution < 1.29 is 13.2 Å². The van der Waals surface area contributed by atoms with Crippen molar-refractivity contribution in [1.29, 1.82) is 10.5 Å². The minimum atomic E-state index is -4.76. The molecule has 2 aromatic heterocycles. The molecule has 1 aliphatic rings. The van der Waals surface area contributed by atoms with Crippen LogP contribution in [-0.2, 0) is 6.18 Å². The molecule has 9 aromatic carbocycles. The van der Waals surface area contributed by atoms with Crippen molar-refractivity contribution in [1.82, 2.24) is 9.13 Å². The molecule has 0 amide bonds. The predicted octanol–water partition coefficient (Wildman–Crippen LogP) is 19.5. The number of hydrogen-bond donors (Lipinski definition) is 0. The van der Waals surface area contributed by atoms with Crippen LogP contribution in [0.4, 0.5) is 13.2 Å². The zero-order chi connectivity index (χ0) is 54.5. The van der Waals surface area contributed by atoms with Crippen molar-refractivity contribution in [2.24, 2.45) is 0 Å². The Morgan fingerprint density at radius 1 is 0.436 bits per heavy atom. The van der Waals surface area contributed by atoms with Crippen LogP contribution < -0.4 is 0 Å². The monoisotopic (exact) mass is 1020 g/mol. The highest BCUT2D eigenvalue weighted by molar-refractivity contribution is 6.13. The second kappa shape index (κ2) is 18.8. The Bertz CT molecular complexity index is 4350. The van der Waals surface area contributed by atoms with E-state index in [4.69, 9.17) is 0 Å². The summed E-state index contributed by atoms with van der Waals surface area (Å²) in [6, 6.07) is 57.3. The number of allylic oxidation sites excluding steroid dienone is 4. The van der Waals surface area contributed by atoms with Crippen molar-refractivity contribution in [3.05, 3.63) is 237 Å². The predicted molar refractivity (Wildman–Crippen MR) is 315 cm³/mol. The lowest BCUT2D eigenvalue weighted by Crippen LogP contribution is -2.07. The number of nitriles is 2. The summed E-state index contributed by atoms with van der Waals surface area (Å²) >= 11 is 0. The second-order valence-corrected chi connectivity index (χ2v) is 21.9. The molecular formula is C71H55F3N4. The Balaban J connectivity index is 1.23. The molecule has 11 aromatic rings. The number of fused-ring (bicyclic) bond motifs is 6. The summed E-state index contributed by atoms with van der Waals surface area (Å²) in [6.07, 6.45) is 0.588. The first kappa shape index (κ1) is 49.7. The van der Waals surface area contributed by atoms with Gasteiger partial charge in [0, 0.05) is 33.0 Å². The summed E-state index contributed by atoms with van der Waals surface area (Å²) in [5.74, 6) is 0.0902. The fourth-order valence-corrected chi connectivity index (χ4v) is 12.5. The number of halogens is 3. The summed E-state index contributed by atoms with van der Waals surface area (Å²) in [7, 11) is 0. The molecule has 78 heavy (non-hydrogen) atoms. The van der Waals surface area contributed by atoms with Crippen LogP contribution >= 0.6 is 0 Å². The van der Waals surface area contributed by atoms with Crippen molar-refractivity contribution >= 4 is 43.6 Å². The first-order valence-electron chi connectivity index (χ1n) is 26.4. The molecule has 0 bridgehead atoms. The summed E-state index contributed by atoms with van der Waals surface area (Å²) in [4.78, 5) is 0. The molecule has 0 N–H and O–H groups in total. The average molecular weight is 1020 g/mol. The van der Waals surface area contributed by atoms with Crippen LogP contribution in [0.1, 0.15) is 81.8 Å². The number of benzene rings is 9. The fraction of sp³-hybridized carbons (Fsp3) is 0.155. The Kier molecular flexibility index (Phi) is 12.0. The molecule has 0 saturated heterocycles. The quantitative estimate of drug-likeness (QED) is 0.160. The Morgan fingerprint density at radius 2 is 0.885 bits per heavy atom. The molecular weight excluding hydrogens is 966 g/mol. The smallest absolute Gasteiger partial charge is 0.309 e. The maximum atomic E-state index is 15.2. The molecule has 4 nitrogen and oxygen atoms in total. The van der Waals surface area contributed by atoms with Gasteiger partial charge in [-0.3, -0.25) is 0 Å².